The van der Waals surface area contributed by atoms with Gasteiger partial charge in [-0.3, -0.25) is 9.59 Å². The molecule has 1 heterocycles. The van der Waals surface area contributed by atoms with E-state index in [0.717, 1.165) is 29.7 Å². The minimum atomic E-state index is -0.306. The molecule has 0 unspecified atom stereocenters. The lowest BCUT2D eigenvalue weighted by atomic mass is 10.1. The van der Waals surface area contributed by atoms with Crippen molar-refractivity contribution < 1.29 is 14.0 Å². The van der Waals surface area contributed by atoms with Crippen molar-refractivity contribution in [2.24, 2.45) is 0 Å². The van der Waals surface area contributed by atoms with Gasteiger partial charge in [-0.2, -0.15) is 0 Å². The van der Waals surface area contributed by atoms with E-state index in [2.05, 4.69) is 5.32 Å². The molecular weight excluding hydrogens is 319 g/mol. The van der Waals surface area contributed by atoms with Crippen LogP contribution < -0.4 is 5.32 Å². The third-order valence-corrected chi connectivity index (χ3v) is 4.34. The van der Waals surface area contributed by atoms with Crippen LogP contribution in [0.25, 0.3) is 0 Å². The third kappa shape index (κ3) is 4.89. The number of hydrogen-bond acceptors (Lipinski definition) is 2. The maximum atomic E-state index is 12.9. The van der Waals surface area contributed by atoms with Gasteiger partial charge in [0.15, 0.2) is 0 Å². The lowest BCUT2D eigenvalue weighted by Crippen LogP contribution is -2.25. The maximum absolute atomic E-state index is 12.9. The molecule has 1 N–H and O–H groups in total. The Hall–Kier alpha value is -2.69. The second-order valence-corrected chi connectivity index (χ2v) is 6.32. The van der Waals surface area contributed by atoms with Crippen LogP contribution >= 0.6 is 0 Å². The summed E-state index contributed by atoms with van der Waals surface area (Å²) in [6, 6.07) is 13.9. The van der Waals surface area contributed by atoms with Crippen LogP contribution in [-0.2, 0) is 29.1 Å². The molecule has 1 aliphatic rings. The Morgan fingerprint density at radius 2 is 1.64 bits per heavy atom. The summed E-state index contributed by atoms with van der Waals surface area (Å²) in [5, 5.41) is 2.86. The molecule has 5 heteroatoms. The van der Waals surface area contributed by atoms with E-state index >= 15 is 0 Å². The fourth-order valence-electron chi connectivity index (χ4n) is 2.90. The van der Waals surface area contributed by atoms with E-state index in [1.165, 1.54) is 12.1 Å². The molecule has 0 radical (unpaired) electrons. The summed E-state index contributed by atoms with van der Waals surface area (Å²) in [5.41, 5.74) is 2.88. The van der Waals surface area contributed by atoms with Crippen LogP contribution in [0.5, 0.6) is 0 Å². The van der Waals surface area contributed by atoms with Crippen LogP contribution in [0, 0.1) is 5.82 Å². The molecule has 2 aromatic rings. The van der Waals surface area contributed by atoms with Gasteiger partial charge in [0.2, 0.25) is 11.8 Å². The monoisotopic (exact) mass is 340 g/mol. The smallest absolute Gasteiger partial charge is 0.224 e. The maximum Gasteiger partial charge on any atom is 0.224 e. The Morgan fingerprint density at radius 1 is 1.00 bits per heavy atom. The SMILES string of the molecule is O=C(Cc1ccc(F)cc1)NCc1ccc(CN2CCCC2=O)cc1. The first-order valence-electron chi connectivity index (χ1n) is 8.47. The van der Waals surface area contributed by atoms with Crippen molar-refractivity contribution in [1.82, 2.24) is 10.2 Å². The zero-order chi connectivity index (χ0) is 17.6. The van der Waals surface area contributed by atoms with Gasteiger partial charge in [0.25, 0.3) is 0 Å². The van der Waals surface area contributed by atoms with Crippen molar-refractivity contribution >= 4 is 11.8 Å². The Morgan fingerprint density at radius 3 is 2.28 bits per heavy atom. The van der Waals surface area contributed by atoms with Crippen molar-refractivity contribution in [3.63, 3.8) is 0 Å². The van der Waals surface area contributed by atoms with Crippen molar-refractivity contribution in [2.45, 2.75) is 32.4 Å². The van der Waals surface area contributed by atoms with Crippen LogP contribution in [0.1, 0.15) is 29.5 Å². The van der Waals surface area contributed by atoms with Gasteiger partial charge >= 0.3 is 0 Å². The molecular formula is C20H21FN2O2. The lowest BCUT2D eigenvalue weighted by molar-refractivity contribution is -0.128. The van der Waals surface area contributed by atoms with Gasteiger partial charge in [-0.25, -0.2) is 4.39 Å². The second kappa shape index (κ2) is 7.92. The van der Waals surface area contributed by atoms with Crippen LogP contribution in [0.15, 0.2) is 48.5 Å². The van der Waals surface area contributed by atoms with Gasteiger partial charge in [0, 0.05) is 26.1 Å². The van der Waals surface area contributed by atoms with Crippen LogP contribution in [0.2, 0.25) is 0 Å². The summed E-state index contributed by atoms with van der Waals surface area (Å²) < 4.78 is 12.9. The molecule has 0 bridgehead atoms. The van der Waals surface area contributed by atoms with Gasteiger partial charge in [-0.05, 0) is 35.2 Å². The number of halogens is 1. The van der Waals surface area contributed by atoms with Crippen molar-refractivity contribution in [2.75, 3.05) is 6.54 Å². The first kappa shape index (κ1) is 17.1. The molecule has 0 spiro atoms. The number of amides is 2. The van der Waals surface area contributed by atoms with Crippen LogP contribution in [0.3, 0.4) is 0 Å². The molecule has 4 nitrogen and oxygen atoms in total. The van der Waals surface area contributed by atoms with E-state index in [4.69, 9.17) is 0 Å². The fourth-order valence-corrected chi connectivity index (χ4v) is 2.90. The topological polar surface area (TPSA) is 49.4 Å². The van der Waals surface area contributed by atoms with E-state index in [0.29, 0.717) is 19.5 Å². The average Bonchev–Trinajstić information content (AvgIpc) is 3.01. The summed E-state index contributed by atoms with van der Waals surface area (Å²) in [5.74, 6) is -0.185. The molecule has 1 aliphatic heterocycles. The molecule has 130 valence electrons. The summed E-state index contributed by atoms with van der Waals surface area (Å²) in [6.07, 6.45) is 1.82. The Kier molecular flexibility index (Phi) is 5.43. The number of carbonyl (C=O) groups is 2. The van der Waals surface area contributed by atoms with E-state index < -0.39 is 0 Å². The summed E-state index contributed by atoms with van der Waals surface area (Å²) in [7, 11) is 0. The predicted octanol–water partition coefficient (Wildman–Crippen LogP) is 2.81. The second-order valence-electron chi connectivity index (χ2n) is 6.32. The van der Waals surface area contributed by atoms with Gasteiger partial charge in [0.1, 0.15) is 5.82 Å². The molecule has 25 heavy (non-hydrogen) atoms. The van der Waals surface area contributed by atoms with Crippen molar-refractivity contribution in [3.8, 4) is 0 Å². The number of nitrogens with one attached hydrogen (secondary N) is 1. The van der Waals surface area contributed by atoms with E-state index in [1.54, 1.807) is 12.1 Å². The number of rotatable bonds is 6. The average molecular weight is 340 g/mol. The van der Waals surface area contributed by atoms with E-state index in [-0.39, 0.29) is 24.1 Å². The van der Waals surface area contributed by atoms with Crippen molar-refractivity contribution in [3.05, 3.63) is 71.0 Å². The summed E-state index contributed by atoms with van der Waals surface area (Å²) >= 11 is 0. The van der Waals surface area contributed by atoms with Crippen molar-refractivity contribution in [1.29, 1.82) is 0 Å². The zero-order valence-corrected chi connectivity index (χ0v) is 14.0. The quantitative estimate of drug-likeness (QED) is 0.879. The number of carbonyl (C=O) groups excluding carboxylic acids is 2. The molecule has 2 amide bonds. The minimum Gasteiger partial charge on any atom is -0.352 e. The Balaban J connectivity index is 1.47. The predicted molar refractivity (Wildman–Crippen MR) is 93.0 cm³/mol. The summed E-state index contributed by atoms with van der Waals surface area (Å²) in [6.45, 7) is 1.93. The number of nitrogens with zero attached hydrogens (tertiary/aromatic N) is 1. The fraction of sp³-hybridized carbons (Fsp3) is 0.300. The molecule has 0 aromatic heterocycles. The third-order valence-electron chi connectivity index (χ3n) is 4.34. The molecule has 0 atom stereocenters. The van der Waals surface area contributed by atoms with E-state index in [9.17, 15) is 14.0 Å². The largest absolute Gasteiger partial charge is 0.352 e. The number of likely N-dealkylation sites (tertiary alicyclic amines) is 1. The van der Waals surface area contributed by atoms with Crippen LogP contribution in [-0.4, -0.2) is 23.3 Å². The molecule has 0 aliphatic carbocycles. The lowest BCUT2D eigenvalue weighted by Gasteiger charge is -2.15. The molecule has 0 saturated carbocycles. The number of hydrogen-bond donors (Lipinski definition) is 1. The Bertz CT molecular complexity index is 741. The van der Waals surface area contributed by atoms with Gasteiger partial charge in [0.05, 0.1) is 6.42 Å². The highest BCUT2D eigenvalue weighted by molar-refractivity contribution is 5.78. The highest BCUT2D eigenvalue weighted by Crippen LogP contribution is 2.14. The normalized spacial score (nSPS) is 14.0. The molecule has 1 saturated heterocycles. The summed E-state index contributed by atoms with van der Waals surface area (Å²) in [4.78, 5) is 25.5. The highest BCUT2D eigenvalue weighted by Gasteiger charge is 2.19. The zero-order valence-electron chi connectivity index (χ0n) is 14.0. The van der Waals surface area contributed by atoms with Gasteiger partial charge in [-0.15, -0.1) is 0 Å². The first-order valence-corrected chi connectivity index (χ1v) is 8.47. The molecule has 3 rings (SSSR count). The molecule has 2 aromatic carbocycles. The first-order chi connectivity index (χ1) is 12.1. The molecule has 1 fully saturated rings. The highest BCUT2D eigenvalue weighted by atomic mass is 19.1. The van der Waals surface area contributed by atoms with Crippen LogP contribution in [0.4, 0.5) is 4.39 Å². The van der Waals surface area contributed by atoms with Gasteiger partial charge in [-0.1, -0.05) is 36.4 Å². The standard InChI is InChI=1S/C20H21FN2O2/c21-18-9-7-15(8-10-18)12-19(24)22-13-16-3-5-17(6-4-16)14-23-11-1-2-20(23)25/h3-10H,1-2,11-14H2,(H,22,24). The Labute approximate surface area is 146 Å². The van der Waals surface area contributed by atoms with E-state index in [1.807, 2.05) is 29.2 Å². The van der Waals surface area contributed by atoms with Gasteiger partial charge < -0.3 is 10.2 Å². The minimum absolute atomic E-state index is 0.0988. The number of benzene rings is 2.